The molecule has 0 radical (unpaired) electrons. The van der Waals surface area contributed by atoms with Gasteiger partial charge in [0.2, 0.25) is 29.5 Å². The van der Waals surface area contributed by atoms with Crippen LogP contribution in [0.25, 0.3) is 54.4 Å². The van der Waals surface area contributed by atoms with E-state index in [1.54, 1.807) is 6.92 Å². The molecule has 0 fully saturated rings. The molecule has 11 rings (SSSR count). The van der Waals surface area contributed by atoms with Gasteiger partial charge in [0.05, 0.1) is 25.8 Å². The number of nitrogens with one attached hydrogen (secondary N) is 9. The number of nitrogens with zero attached hydrogens (tertiary/aromatic N) is 2. The molecule has 91 heavy (non-hydrogen) atoms. The minimum atomic E-state index is -0.672. The number of benzene rings is 7. The average Bonchev–Trinajstić information content (AvgIpc) is 1.93. The lowest BCUT2D eigenvalue weighted by Crippen LogP contribution is -2.48. The SMILES string of the molecule is CC(=O)N(Cc1ccccc1)c1[nH]c2ccccc2c1CCCCN=C(N)N.NCCCNC(=O)C(Cc1c[nH]c2ccccc12)NC(=O)Cc1cccc2ccccc12.O=C(Cc1c[nH]c2ccccc12)NCCNCCNC(=O)Cc1c[nH]c2ccccc12. The molecule has 19 nitrogen and oxygen atoms in total. The number of para-hydroxylation sites is 4. The quantitative estimate of drug-likeness (QED) is 0.0133. The van der Waals surface area contributed by atoms with Crippen LogP contribution in [0.2, 0.25) is 0 Å². The van der Waals surface area contributed by atoms with Crippen molar-refractivity contribution in [1.82, 2.24) is 46.5 Å². The van der Waals surface area contributed by atoms with Crippen LogP contribution in [0.1, 0.15) is 59.6 Å². The number of guanidine groups is 1. The number of aromatic amines is 4. The van der Waals surface area contributed by atoms with Gasteiger partial charge < -0.3 is 63.7 Å². The Bertz CT molecular complexity index is 4120. The van der Waals surface area contributed by atoms with Crippen LogP contribution in [0.5, 0.6) is 0 Å². The van der Waals surface area contributed by atoms with E-state index < -0.39 is 6.04 Å². The lowest BCUT2D eigenvalue weighted by molar-refractivity contribution is -0.128. The first-order valence-electron chi connectivity index (χ1n) is 31.0. The molecule has 7 aromatic carbocycles. The minimum absolute atomic E-state index is 0.00131. The maximum absolute atomic E-state index is 13.0. The summed E-state index contributed by atoms with van der Waals surface area (Å²) in [4.78, 5) is 81.6. The number of aryl methyl sites for hydroxylation is 1. The molecule has 0 aliphatic carbocycles. The summed E-state index contributed by atoms with van der Waals surface area (Å²) in [5, 5.41) is 21.5. The Balaban J connectivity index is 0.000000162. The molecule has 19 heteroatoms. The Morgan fingerprint density at radius 1 is 0.505 bits per heavy atom. The van der Waals surface area contributed by atoms with Gasteiger partial charge in [0.25, 0.3) is 0 Å². The van der Waals surface area contributed by atoms with Crippen molar-refractivity contribution in [3.05, 3.63) is 222 Å². The second-order valence-electron chi connectivity index (χ2n) is 22.3. The van der Waals surface area contributed by atoms with Gasteiger partial charge in [0.1, 0.15) is 11.9 Å². The number of carbonyl (C=O) groups excluding carboxylic acids is 5. The maximum atomic E-state index is 13.0. The zero-order valence-corrected chi connectivity index (χ0v) is 51.5. The Labute approximate surface area is 529 Å². The summed E-state index contributed by atoms with van der Waals surface area (Å²) < 4.78 is 0. The van der Waals surface area contributed by atoms with Gasteiger partial charge in [-0.15, -0.1) is 0 Å². The van der Waals surface area contributed by atoms with E-state index in [0.717, 1.165) is 113 Å². The number of aliphatic imine (C=N–C) groups is 1. The van der Waals surface area contributed by atoms with E-state index in [9.17, 15) is 24.0 Å². The molecule has 4 aromatic heterocycles. The van der Waals surface area contributed by atoms with Gasteiger partial charge in [-0.3, -0.25) is 33.9 Å². The summed E-state index contributed by atoms with van der Waals surface area (Å²) in [6.07, 6.45) is 10.4. The third kappa shape index (κ3) is 18.5. The third-order valence-electron chi connectivity index (χ3n) is 15.7. The van der Waals surface area contributed by atoms with Crippen molar-refractivity contribution in [2.24, 2.45) is 22.2 Å². The highest BCUT2D eigenvalue weighted by Crippen LogP contribution is 2.32. The van der Waals surface area contributed by atoms with Crippen molar-refractivity contribution in [3.63, 3.8) is 0 Å². The Morgan fingerprint density at radius 2 is 1.02 bits per heavy atom. The molecule has 5 amide bonds. The monoisotopic (exact) mass is 1220 g/mol. The summed E-state index contributed by atoms with van der Waals surface area (Å²) in [7, 11) is 0. The van der Waals surface area contributed by atoms with Gasteiger partial charge in [-0.05, 0) is 95.1 Å². The van der Waals surface area contributed by atoms with Crippen LogP contribution in [0, 0.1) is 0 Å². The molecular weight excluding hydrogens is 1140 g/mol. The first kappa shape index (κ1) is 65.0. The summed E-state index contributed by atoms with van der Waals surface area (Å²) in [5.74, 6) is 0.627. The van der Waals surface area contributed by atoms with Crippen LogP contribution in [0.15, 0.2) is 193 Å². The second kappa shape index (κ2) is 33.2. The van der Waals surface area contributed by atoms with Gasteiger partial charge in [0.15, 0.2) is 5.96 Å². The fourth-order valence-corrected chi connectivity index (χ4v) is 11.2. The smallest absolute Gasteiger partial charge is 0.242 e. The van der Waals surface area contributed by atoms with Crippen molar-refractivity contribution >= 4 is 95.7 Å². The number of fused-ring (bicyclic) bond motifs is 5. The lowest BCUT2D eigenvalue weighted by atomic mass is 10.0. The van der Waals surface area contributed by atoms with E-state index in [0.29, 0.717) is 78.0 Å². The number of carbonyl (C=O) groups is 5. The zero-order chi connectivity index (χ0) is 63.7. The standard InChI is InChI=1S/C26H28N4O2.C24H27N5O2.C22H27N5O/c27-13-6-14-28-26(32)24(15-20-17-29-23-12-4-3-11-22(20)23)30-25(31)16-19-9-5-8-18-7-1-2-10-21(18)19;30-23(13-17-15-28-21-7-3-1-5-19(17)21)26-11-9-25-10-12-27-24(31)14-18-16-29-22-8-4-2-6-20(18)22;1-16(28)27(15-17-9-3-2-4-10-17)21-19(12-7-8-14-25-22(23)24)18-11-5-6-13-20(18)26-21/h1-5,7-12,17,24,29H,6,13-16,27H2,(H,28,32)(H,30,31);1-8,15-16,25,28-29H,9-14H2,(H,26,30)(H,27,31);2-6,9-11,13,26H,7-8,12,14-15H2,1H3,(H4,23,24,25). The molecule has 1 atom stereocenters. The number of hydrogen-bond acceptors (Lipinski definition) is 8. The van der Waals surface area contributed by atoms with Gasteiger partial charge in [-0.1, -0.05) is 146 Å². The molecule has 470 valence electrons. The van der Waals surface area contributed by atoms with Crippen molar-refractivity contribution in [1.29, 1.82) is 0 Å². The molecule has 0 spiro atoms. The van der Waals surface area contributed by atoms with Crippen molar-refractivity contribution in [3.8, 4) is 0 Å². The second-order valence-corrected chi connectivity index (χ2v) is 22.3. The van der Waals surface area contributed by atoms with E-state index >= 15 is 0 Å². The third-order valence-corrected chi connectivity index (χ3v) is 15.7. The molecule has 11 aromatic rings. The highest BCUT2D eigenvalue weighted by atomic mass is 16.2. The van der Waals surface area contributed by atoms with E-state index in [1.165, 1.54) is 0 Å². The summed E-state index contributed by atoms with van der Waals surface area (Å²) in [6, 6.07) is 55.3. The number of hydrogen-bond donors (Lipinski definition) is 12. The Morgan fingerprint density at radius 3 is 1.62 bits per heavy atom. The number of amides is 5. The highest BCUT2D eigenvalue weighted by Gasteiger charge is 2.24. The van der Waals surface area contributed by atoms with Gasteiger partial charge >= 0.3 is 0 Å². The molecule has 0 aliphatic rings. The Hall–Kier alpha value is -10.5. The van der Waals surface area contributed by atoms with Crippen LogP contribution in [0.4, 0.5) is 5.82 Å². The predicted octanol–water partition coefficient (Wildman–Crippen LogP) is 8.63. The molecule has 0 saturated carbocycles. The van der Waals surface area contributed by atoms with E-state index in [-0.39, 0.29) is 41.9 Å². The number of rotatable bonds is 27. The number of unbranched alkanes of at least 4 members (excludes halogenated alkanes) is 1. The highest BCUT2D eigenvalue weighted by molar-refractivity contribution is 5.98. The number of nitrogens with two attached hydrogens (primary N) is 3. The summed E-state index contributed by atoms with van der Waals surface area (Å²) in [6.45, 7) is 6.13. The molecule has 15 N–H and O–H groups in total. The fraction of sp³-hybridized carbons (Fsp3) is 0.250. The summed E-state index contributed by atoms with van der Waals surface area (Å²) >= 11 is 0. The number of H-pyrrole nitrogens is 4. The van der Waals surface area contributed by atoms with Crippen LogP contribution in [0.3, 0.4) is 0 Å². The predicted molar refractivity (Wildman–Crippen MR) is 366 cm³/mol. The Kier molecular flexibility index (Phi) is 23.7. The number of anilines is 1. The van der Waals surface area contributed by atoms with Crippen LogP contribution in [-0.2, 0) is 62.6 Å². The molecule has 0 aliphatic heterocycles. The fourth-order valence-electron chi connectivity index (χ4n) is 11.2. The van der Waals surface area contributed by atoms with Crippen molar-refractivity contribution in [2.75, 3.05) is 50.7 Å². The zero-order valence-electron chi connectivity index (χ0n) is 51.5. The lowest BCUT2D eigenvalue weighted by Gasteiger charge is -2.22. The minimum Gasteiger partial charge on any atom is -0.370 e. The van der Waals surface area contributed by atoms with Crippen LogP contribution < -0.4 is 48.7 Å². The molecule has 0 bridgehead atoms. The molecule has 0 saturated heterocycles. The topological polar surface area (TPSA) is 302 Å². The van der Waals surface area contributed by atoms with Crippen LogP contribution >= 0.6 is 0 Å². The van der Waals surface area contributed by atoms with E-state index in [2.05, 4.69) is 57.6 Å². The molecular formula is C72H82N14O5. The van der Waals surface area contributed by atoms with E-state index in [4.69, 9.17) is 17.2 Å². The average molecular weight is 1220 g/mol. The van der Waals surface area contributed by atoms with Gasteiger partial charge in [0, 0.05) is 120 Å². The largest absolute Gasteiger partial charge is 0.370 e. The first-order chi connectivity index (χ1) is 44.4. The number of aromatic nitrogens is 4. The normalized spacial score (nSPS) is 11.3. The van der Waals surface area contributed by atoms with Gasteiger partial charge in [-0.2, -0.15) is 0 Å². The molecule has 1 unspecified atom stereocenters. The van der Waals surface area contributed by atoms with Crippen molar-refractivity contribution in [2.45, 2.75) is 70.9 Å². The van der Waals surface area contributed by atoms with Gasteiger partial charge in [-0.25, -0.2) is 0 Å². The maximum Gasteiger partial charge on any atom is 0.242 e. The van der Waals surface area contributed by atoms with E-state index in [1.807, 2.05) is 187 Å². The van der Waals surface area contributed by atoms with Crippen molar-refractivity contribution < 1.29 is 24.0 Å². The first-order valence-corrected chi connectivity index (χ1v) is 31.0. The summed E-state index contributed by atoms with van der Waals surface area (Å²) in [5.41, 5.74) is 26.6. The molecule has 4 heterocycles. The van der Waals surface area contributed by atoms with Crippen LogP contribution in [-0.4, -0.2) is 107 Å².